The lowest BCUT2D eigenvalue weighted by atomic mass is 10.1. The van der Waals surface area contributed by atoms with E-state index >= 15 is 0 Å². The Hall–Kier alpha value is -1.11. The summed E-state index contributed by atoms with van der Waals surface area (Å²) in [6, 6.07) is 10.2. The van der Waals surface area contributed by atoms with E-state index in [0.29, 0.717) is 0 Å². The second-order valence-electron chi connectivity index (χ2n) is 4.75. The quantitative estimate of drug-likeness (QED) is 0.616. The predicted octanol–water partition coefficient (Wildman–Crippen LogP) is 3.06. The molecule has 0 heterocycles. The van der Waals surface area contributed by atoms with Crippen LogP contribution in [0.4, 0.5) is 0 Å². The first-order valence-electron chi connectivity index (χ1n) is 5.07. The fraction of sp³-hybridized carbons (Fsp3) is 0.308. The van der Waals surface area contributed by atoms with Gasteiger partial charge in [-0.05, 0) is 17.7 Å². The Kier molecular flexibility index (Phi) is 4.28. The summed E-state index contributed by atoms with van der Waals surface area (Å²) in [5.74, 6) is 0. The van der Waals surface area contributed by atoms with E-state index in [9.17, 15) is 0 Å². The molecule has 0 aliphatic carbocycles. The molecule has 0 aromatic heterocycles. The van der Waals surface area contributed by atoms with Crippen LogP contribution < -0.4 is 0 Å². The Morgan fingerprint density at radius 1 is 1.31 bits per heavy atom. The molecular formula is C13H16BrN2+. The second kappa shape index (κ2) is 5.29. The second-order valence-corrected chi connectivity index (χ2v) is 5.67. The van der Waals surface area contributed by atoms with Gasteiger partial charge in [-0.15, -0.1) is 0 Å². The summed E-state index contributed by atoms with van der Waals surface area (Å²) in [5.41, 5.74) is 2.18. The van der Waals surface area contributed by atoms with Gasteiger partial charge in [0.05, 0.1) is 27.2 Å². The van der Waals surface area contributed by atoms with Crippen LogP contribution in [0, 0.1) is 11.3 Å². The molecule has 0 fully saturated rings. The number of hydrogen-bond donors (Lipinski definition) is 0. The molecule has 0 aliphatic heterocycles. The zero-order valence-corrected chi connectivity index (χ0v) is 11.5. The molecule has 16 heavy (non-hydrogen) atoms. The summed E-state index contributed by atoms with van der Waals surface area (Å²) in [4.78, 5) is 0. The average molecular weight is 280 g/mol. The van der Waals surface area contributed by atoms with Gasteiger partial charge in [-0.25, -0.2) is 0 Å². The van der Waals surface area contributed by atoms with Crippen molar-refractivity contribution in [3.8, 4) is 6.07 Å². The zero-order valence-electron chi connectivity index (χ0n) is 9.87. The van der Waals surface area contributed by atoms with E-state index < -0.39 is 0 Å². The van der Waals surface area contributed by atoms with Crippen molar-refractivity contribution in [3.63, 3.8) is 0 Å². The number of nitriles is 1. The number of allylic oxidation sites excluding steroid dienone is 1. The number of rotatable bonds is 3. The normalized spacial score (nSPS) is 12.3. The van der Waals surface area contributed by atoms with Crippen molar-refractivity contribution in [1.29, 1.82) is 5.26 Å². The predicted molar refractivity (Wildman–Crippen MR) is 70.6 cm³/mol. The third kappa shape index (κ3) is 4.18. The number of hydrogen-bond acceptors (Lipinski definition) is 1. The fourth-order valence-electron chi connectivity index (χ4n) is 1.47. The van der Waals surface area contributed by atoms with Gasteiger partial charge < -0.3 is 4.48 Å². The lowest BCUT2D eigenvalue weighted by Gasteiger charge is -2.25. The highest BCUT2D eigenvalue weighted by Gasteiger charge is 2.12. The first-order valence-corrected chi connectivity index (χ1v) is 5.87. The van der Waals surface area contributed by atoms with Gasteiger partial charge in [-0.2, -0.15) is 5.26 Å². The number of halogens is 1. The van der Waals surface area contributed by atoms with E-state index in [1.165, 1.54) is 0 Å². The molecule has 0 atom stereocenters. The molecular weight excluding hydrogens is 264 g/mol. The van der Waals surface area contributed by atoms with Crippen molar-refractivity contribution in [3.05, 3.63) is 40.4 Å². The largest absolute Gasteiger partial charge is 0.327 e. The standard InChI is InChI=1S/C13H16BrN2/c1-16(2,3)10-12(8-9-15)11-4-6-13(14)7-5-11/h4-8H,10H2,1-3H3/q+1/b12-8+. The van der Waals surface area contributed by atoms with Crippen LogP contribution in [0.3, 0.4) is 0 Å². The highest BCUT2D eigenvalue weighted by atomic mass is 79.9. The monoisotopic (exact) mass is 279 g/mol. The molecule has 0 spiro atoms. The van der Waals surface area contributed by atoms with E-state index in [4.69, 9.17) is 5.26 Å². The van der Waals surface area contributed by atoms with E-state index in [0.717, 1.165) is 26.6 Å². The van der Waals surface area contributed by atoms with E-state index in [1.807, 2.05) is 24.3 Å². The van der Waals surface area contributed by atoms with Gasteiger partial charge >= 0.3 is 0 Å². The minimum Gasteiger partial charge on any atom is -0.327 e. The third-order valence-corrected chi connectivity index (χ3v) is 2.63. The van der Waals surface area contributed by atoms with Crippen LogP contribution >= 0.6 is 15.9 Å². The number of likely N-dealkylation sites (N-methyl/N-ethyl adjacent to an activating group) is 1. The highest BCUT2D eigenvalue weighted by Crippen LogP contribution is 2.19. The summed E-state index contributed by atoms with van der Waals surface area (Å²) in [7, 11) is 6.35. The number of nitrogens with zero attached hydrogens (tertiary/aromatic N) is 2. The van der Waals surface area contributed by atoms with Crippen LogP contribution in [0.2, 0.25) is 0 Å². The van der Waals surface area contributed by atoms with Crippen LogP contribution in [-0.2, 0) is 0 Å². The molecule has 2 nitrogen and oxygen atoms in total. The molecule has 0 unspecified atom stereocenters. The molecule has 0 amide bonds. The molecule has 1 aromatic rings. The van der Waals surface area contributed by atoms with E-state index in [1.54, 1.807) is 6.08 Å². The number of benzene rings is 1. The molecule has 3 heteroatoms. The van der Waals surface area contributed by atoms with Crippen LogP contribution in [0.25, 0.3) is 5.57 Å². The van der Waals surface area contributed by atoms with Gasteiger partial charge in [0, 0.05) is 16.1 Å². The summed E-state index contributed by atoms with van der Waals surface area (Å²) >= 11 is 3.41. The van der Waals surface area contributed by atoms with Crippen LogP contribution in [0.15, 0.2) is 34.8 Å². The molecule has 0 radical (unpaired) electrons. The zero-order chi connectivity index (χ0) is 12.2. The minimum atomic E-state index is 0.809. The third-order valence-electron chi connectivity index (χ3n) is 2.10. The first kappa shape index (κ1) is 13.0. The summed E-state index contributed by atoms with van der Waals surface area (Å²) < 4.78 is 1.86. The summed E-state index contributed by atoms with van der Waals surface area (Å²) in [6.45, 7) is 0.842. The minimum absolute atomic E-state index is 0.809. The Bertz CT molecular complexity index is 419. The maximum Gasteiger partial charge on any atom is 0.105 e. The lowest BCUT2D eigenvalue weighted by molar-refractivity contribution is -0.862. The average Bonchev–Trinajstić information content (AvgIpc) is 2.16. The van der Waals surface area contributed by atoms with Crippen LogP contribution in [0.1, 0.15) is 5.56 Å². The van der Waals surface area contributed by atoms with Crippen molar-refractivity contribution in [2.24, 2.45) is 0 Å². The maximum atomic E-state index is 8.81. The van der Waals surface area contributed by atoms with E-state index in [-0.39, 0.29) is 0 Å². The molecule has 84 valence electrons. The van der Waals surface area contributed by atoms with Crippen LogP contribution in [-0.4, -0.2) is 32.2 Å². The highest BCUT2D eigenvalue weighted by molar-refractivity contribution is 9.10. The first-order chi connectivity index (χ1) is 7.42. The van der Waals surface area contributed by atoms with Gasteiger partial charge in [0.1, 0.15) is 6.54 Å². The molecule has 0 N–H and O–H groups in total. The lowest BCUT2D eigenvalue weighted by Crippen LogP contribution is -2.35. The van der Waals surface area contributed by atoms with E-state index in [2.05, 4.69) is 43.1 Å². The van der Waals surface area contributed by atoms with Crippen molar-refractivity contribution < 1.29 is 4.48 Å². The Labute approximate surface area is 106 Å². The molecule has 0 saturated heterocycles. The van der Waals surface area contributed by atoms with Crippen LogP contribution in [0.5, 0.6) is 0 Å². The van der Waals surface area contributed by atoms with Gasteiger partial charge in [-0.1, -0.05) is 28.1 Å². The van der Waals surface area contributed by atoms with Crippen molar-refractivity contribution in [2.45, 2.75) is 0 Å². The van der Waals surface area contributed by atoms with Gasteiger partial charge in [-0.3, -0.25) is 0 Å². The maximum absolute atomic E-state index is 8.81. The van der Waals surface area contributed by atoms with Gasteiger partial charge in [0.2, 0.25) is 0 Å². The SMILES string of the molecule is C[N+](C)(C)C/C(=C\C#N)c1ccc(Br)cc1. The van der Waals surface area contributed by atoms with Gasteiger partial charge in [0.25, 0.3) is 0 Å². The molecule has 0 saturated carbocycles. The fourth-order valence-corrected chi connectivity index (χ4v) is 1.74. The Morgan fingerprint density at radius 3 is 2.31 bits per heavy atom. The Balaban J connectivity index is 3.01. The topological polar surface area (TPSA) is 23.8 Å². The molecule has 1 rings (SSSR count). The molecule has 0 bridgehead atoms. The molecule has 1 aromatic carbocycles. The van der Waals surface area contributed by atoms with Gasteiger partial charge in [0.15, 0.2) is 0 Å². The Morgan fingerprint density at radius 2 is 1.88 bits per heavy atom. The molecule has 0 aliphatic rings. The van der Waals surface area contributed by atoms with Crippen molar-refractivity contribution >= 4 is 21.5 Å². The summed E-state index contributed by atoms with van der Waals surface area (Å²) in [5, 5.41) is 8.81. The van der Waals surface area contributed by atoms with Crippen molar-refractivity contribution in [1.82, 2.24) is 0 Å². The summed E-state index contributed by atoms with van der Waals surface area (Å²) in [6.07, 6.45) is 1.63. The number of quaternary nitrogens is 1. The smallest absolute Gasteiger partial charge is 0.105 e. The van der Waals surface area contributed by atoms with Crippen molar-refractivity contribution in [2.75, 3.05) is 27.7 Å².